The lowest BCUT2D eigenvalue weighted by molar-refractivity contribution is -0.140. The van der Waals surface area contributed by atoms with E-state index in [9.17, 15) is 19.2 Å². The first-order valence-electron chi connectivity index (χ1n) is 19.8. The number of benzene rings is 2. The number of hydrogen-bond donors (Lipinski definition) is 4. The van der Waals surface area contributed by atoms with Gasteiger partial charge in [-0.15, -0.1) is 0 Å². The van der Waals surface area contributed by atoms with Gasteiger partial charge in [0.15, 0.2) is 0 Å². The second-order valence-electron chi connectivity index (χ2n) is 15.6. The van der Waals surface area contributed by atoms with Crippen molar-refractivity contribution in [2.75, 3.05) is 41.7 Å². The van der Waals surface area contributed by atoms with Gasteiger partial charge in [-0.1, -0.05) is 48.5 Å². The van der Waals surface area contributed by atoms with E-state index in [1.54, 1.807) is 0 Å². The summed E-state index contributed by atoms with van der Waals surface area (Å²) in [6.45, 7) is 0.0769. The van der Waals surface area contributed by atoms with E-state index in [0.717, 1.165) is 83.8 Å². The van der Waals surface area contributed by atoms with E-state index in [1.807, 2.05) is 22.2 Å². The van der Waals surface area contributed by atoms with Gasteiger partial charge in [0.2, 0.25) is 11.8 Å². The van der Waals surface area contributed by atoms with Crippen molar-refractivity contribution in [1.82, 2.24) is 40.4 Å². The molecule has 2 aliphatic carbocycles. The summed E-state index contributed by atoms with van der Waals surface area (Å²) >= 11 is 0. The van der Waals surface area contributed by atoms with Crippen molar-refractivity contribution in [3.05, 3.63) is 72.6 Å². The summed E-state index contributed by atoms with van der Waals surface area (Å²) in [7, 11) is 5.53. The zero-order chi connectivity index (χ0) is 40.5. The van der Waals surface area contributed by atoms with Crippen LogP contribution in [-0.2, 0) is 28.5 Å². The number of aromatic amines is 2. The average Bonchev–Trinajstić information content (AvgIpc) is 4.12. The number of imidazole rings is 2. The number of methoxy groups -OCH3 is 4. The Balaban J connectivity index is 0.946. The van der Waals surface area contributed by atoms with Crippen LogP contribution in [0.5, 0.6) is 0 Å². The van der Waals surface area contributed by atoms with Gasteiger partial charge in [-0.2, -0.15) is 0 Å². The van der Waals surface area contributed by atoms with Crippen LogP contribution in [0.4, 0.5) is 9.59 Å². The molecule has 8 unspecified atom stereocenters. The molecule has 8 rings (SSSR count). The molecule has 4 bridgehead atoms. The Morgan fingerprint density at radius 1 is 0.621 bits per heavy atom. The zero-order valence-corrected chi connectivity index (χ0v) is 33.1. The number of alkyl carbamates (subject to hydrolysis) is 2. The Bertz CT molecular complexity index is 1970. The largest absolute Gasteiger partial charge is 0.453 e. The molecule has 4 aliphatic rings. The van der Waals surface area contributed by atoms with Gasteiger partial charge in [0.25, 0.3) is 0 Å². The molecule has 2 aliphatic heterocycles. The molecule has 4 N–H and O–H groups in total. The first kappa shape index (κ1) is 39.1. The Morgan fingerprint density at radius 2 is 1.00 bits per heavy atom. The molecule has 0 spiro atoms. The zero-order valence-electron chi connectivity index (χ0n) is 33.1. The number of carbonyl (C=O) groups is 4. The molecular formula is C42H50N8O8. The van der Waals surface area contributed by atoms with E-state index >= 15 is 0 Å². The third-order valence-electron chi connectivity index (χ3n) is 12.4. The minimum absolute atomic E-state index is 0.0384. The lowest BCUT2D eigenvalue weighted by Gasteiger charge is -2.36. The topological polar surface area (TPSA) is 193 Å². The minimum Gasteiger partial charge on any atom is -0.453 e. The fourth-order valence-electron chi connectivity index (χ4n) is 9.71. The molecule has 2 aromatic heterocycles. The second kappa shape index (κ2) is 16.6. The van der Waals surface area contributed by atoms with Crippen molar-refractivity contribution in [1.29, 1.82) is 0 Å². The smallest absolute Gasteiger partial charge is 0.407 e. The summed E-state index contributed by atoms with van der Waals surface area (Å²) in [5.74, 6) is 1.62. The minimum atomic E-state index is -0.860. The number of piperidine rings is 2. The summed E-state index contributed by atoms with van der Waals surface area (Å²) in [4.78, 5) is 71.9. The summed E-state index contributed by atoms with van der Waals surface area (Å²) in [5.41, 5.74) is 5.75. The van der Waals surface area contributed by atoms with Crippen molar-refractivity contribution in [3.63, 3.8) is 0 Å². The summed E-state index contributed by atoms with van der Waals surface area (Å²) in [6, 6.07) is 14.5. The first-order chi connectivity index (χ1) is 28.2. The first-order valence-corrected chi connectivity index (χ1v) is 19.8. The molecule has 16 nitrogen and oxygen atoms in total. The molecule has 4 aromatic rings. The molecule has 58 heavy (non-hydrogen) atoms. The number of amides is 4. The SMILES string of the molecule is COCC(NC(=O)OC)C(=O)N1C2CCC(C2)C1c1ncc(-c2ccc(-c3ccc(-c4cnc(C5C6CCC(C6)N5C(=O)C(COC)NC(=O)OC)[nH]4)cc3)cc2)[nH]1. The van der Waals surface area contributed by atoms with Crippen LogP contribution >= 0.6 is 0 Å². The van der Waals surface area contributed by atoms with Crippen molar-refractivity contribution < 1.29 is 38.1 Å². The Labute approximate surface area is 336 Å². The lowest BCUT2D eigenvalue weighted by Crippen LogP contribution is -2.53. The highest BCUT2D eigenvalue weighted by molar-refractivity contribution is 5.87. The maximum absolute atomic E-state index is 13.8. The third-order valence-corrected chi connectivity index (χ3v) is 12.4. The van der Waals surface area contributed by atoms with E-state index in [0.29, 0.717) is 0 Å². The summed E-state index contributed by atoms with van der Waals surface area (Å²) < 4.78 is 20.1. The van der Waals surface area contributed by atoms with Crippen molar-refractivity contribution in [2.24, 2.45) is 11.8 Å². The number of fused-ring (bicyclic) bond motifs is 4. The maximum atomic E-state index is 13.8. The van der Waals surface area contributed by atoms with Gasteiger partial charge in [0.05, 0.1) is 63.3 Å². The molecule has 8 atom stereocenters. The standard InChI is InChI=1S/C42H50N8O8/c1-55-21-33(47-41(53)57-3)39(51)49-29-15-13-27(17-29)35(49)37-43-19-31(45-37)25-9-5-23(6-10-25)24-7-11-26(12-8-24)32-20-44-38(46-32)36-28-14-16-30(18-28)50(36)40(52)34(22-56-2)48-42(54)58-4/h5-12,19-20,27-30,33-36H,13-18,21-22H2,1-4H3,(H,43,45)(H,44,46)(H,47,53)(H,48,54). The second-order valence-corrected chi connectivity index (χ2v) is 15.6. The molecule has 4 heterocycles. The van der Waals surface area contributed by atoms with Gasteiger partial charge in [0, 0.05) is 26.3 Å². The summed E-state index contributed by atoms with van der Waals surface area (Å²) in [6.07, 6.45) is 7.92. The van der Waals surface area contributed by atoms with Gasteiger partial charge >= 0.3 is 12.2 Å². The maximum Gasteiger partial charge on any atom is 0.407 e. The molecule has 4 fully saturated rings. The Hall–Kier alpha value is -5.74. The van der Waals surface area contributed by atoms with Gasteiger partial charge in [-0.3, -0.25) is 9.59 Å². The van der Waals surface area contributed by atoms with Crippen LogP contribution in [-0.4, -0.2) is 120 Å². The number of nitrogens with one attached hydrogen (secondary N) is 4. The number of likely N-dealkylation sites (tertiary alicyclic amines) is 2. The molecule has 16 heteroatoms. The van der Waals surface area contributed by atoms with Crippen molar-refractivity contribution >= 4 is 24.0 Å². The molecular weight excluding hydrogens is 745 g/mol. The predicted octanol–water partition coefficient (Wildman–Crippen LogP) is 4.98. The number of ether oxygens (including phenoxy) is 4. The number of nitrogens with zero attached hydrogens (tertiary/aromatic N) is 4. The van der Waals surface area contributed by atoms with Crippen LogP contribution < -0.4 is 10.6 Å². The molecule has 306 valence electrons. The van der Waals surface area contributed by atoms with Gasteiger partial charge in [0.1, 0.15) is 23.7 Å². The highest BCUT2D eigenvalue weighted by atomic mass is 16.5. The van der Waals surface area contributed by atoms with Crippen molar-refractivity contribution in [2.45, 2.75) is 74.8 Å². The van der Waals surface area contributed by atoms with Crippen LogP contribution in [0.25, 0.3) is 33.6 Å². The number of H-pyrrole nitrogens is 2. The van der Waals surface area contributed by atoms with Crippen LogP contribution in [0, 0.1) is 11.8 Å². The normalized spacial score (nSPS) is 24.1. The molecule has 0 radical (unpaired) electrons. The Kier molecular flexibility index (Phi) is 11.2. The Morgan fingerprint density at radius 3 is 1.36 bits per heavy atom. The molecule has 4 amide bonds. The van der Waals surface area contributed by atoms with Crippen LogP contribution in [0.1, 0.15) is 62.3 Å². The highest BCUT2D eigenvalue weighted by Crippen LogP contribution is 2.51. The number of carbonyl (C=O) groups excluding carboxylic acids is 4. The number of hydrogen-bond acceptors (Lipinski definition) is 10. The van der Waals surface area contributed by atoms with Crippen LogP contribution in [0.15, 0.2) is 60.9 Å². The van der Waals surface area contributed by atoms with E-state index in [-0.39, 0.29) is 61.0 Å². The van der Waals surface area contributed by atoms with Crippen LogP contribution in [0.2, 0.25) is 0 Å². The average molecular weight is 795 g/mol. The van der Waals surface area contributed by atoms with Gasteiger partial charge in [-0.25, -0.2) is 19.6 Å². The number of rotatable bonds is 13. The van der Waals surface area contributed by atoms with Gasteiger partial charge < -0.3 is 49.3 Å². The monoisotopic (exact) mass is 794 g/mol. The molecule has 2 saturated carbocycles. The molecule has 2 aromatic carbocycles. The van der Waals surface area contributed by atoms with E-state index < -0.39 is 24.3 Å². The van der Waals surface area contributed by atoms with E-state index in [4.69, 9.17) is 28.9 Å². The van der Waals surface area contributed by atoms with Gasteiger partial charge in [-0.05, 0) is 72.6 Å². The number of aromatic nitrogens is 4. The predicted molar refractivity (Wildman–Crippen MR) is 211 cm³/mol. The highest BCUT2D eigenvalue weighted by Gasteiger charge is 2.52. The van der Waals surface area contributed by atoms with E-state index in [1.165, 1.54) is 28.4 Å². The molecule has 2 saturated heterocycles. The fourth-order valence-corrected chi connectivity index (χ4v) is 9.71. The lowest BCUT2D eigenvalue weighted by atomic mass is 9.97. The summed E-state index contributed by atoms with van der Waals surface area (Å²) in [5, 5.41) is 5.26. The third kappa shape index (κ3) is 7.41. The fraction of sp³-hybridized carbons (Fsp3) is 0.476. The van der Waals surface area contributed by atoms with Crippen molar-refractivity contribution in [3.8, 4) is 33.6 Å². The van der Waals surface area contributed by atoms with E-state index in [2.05, 4.69) is 69.1 Å². The van der Waals surface area contributed by atoms with Crippen LogP contribution in [0.3, 0.4) is 0 Å². The quantitative estimate of drug-likeness (QED) is 0.144.